The summed E-state index contributed by atoms with van der Waals surface area (Å²) in [6, 6.07) is 8.03. The molecule has 0 radical (unpaired) electrons. The summed E-state index contributed by atoms with van der Waals surface area (Å²) in [5.74, 6) is 0.586. The minimum atomic E-state index is -0.218. The minimum Gasteiger partial charge on any atom is -0.354 e. The Balaban J connectivity index is 1.41. The normalized spacial score (nSPS) is 14.5. The predicted molar refractivity (Wildman–Crippen MR) is 123 cm³/mol. The van der Waals surface area contributed by atoms with Crippen LogP contribution < -0.4 is 15.5 Å². The molecule has 0 aliphatic carbocycles. The van der Waals surface area contributed by atoms with Crippen molar-refractivity contribution in [2.45, 2.75) is 20.8 Å². The summed E-state index contributed by atoms with van der Waals surface area (Å²) in [6.45, 7) is 9.41. The Morgan fingerprint density at radius 1 is 1.03 bits per heavy atom. The van der Waals surface area contributed by atoms with E-state index in [1.807, 2.05) is 45.0 Å². The third-order valence-corrected chi connectivity index (χ3v) is 5.63. The fraction of sp³-hybridized carbons (Fsp3) is 0.409. The SMILES string of the molecule is Cc1cc(C)c(NC(=O)CNC(=O)CN2CCN(c3ccc(Br)cn3)CC2)c(C)c1. The zero-order valence-corrected chi connectivity index (χ0v) is 19.3. The average molecular weight is 474 g/mol. The quantitative estimate of drug-likeness (QED) is 0.674. The summed E-state index contributed by atoms with van der Waals surface area (Å²) in [4.78, 5) is 33.3. The van der Waals surface area contributed by atoms with Gasteiger partial charge in [0.25, 0.3) is 0 Å². The van der Waals surface area contributed by atoms with Crippen molar-refractivity contribution in [1.29, 1.82) is 0 Å². The number of halogens is 1. The zero-order chi connectivity index (χ0) is 21.7. The second-order valence-corrected chi connectivity index (χ2v) is 8.61. The second kappa shape index (κ2) is 10.0. The number of amides is 2. The molecule has 3 rings (SSSR count). The topological polar surface area (TPSA) is 77.6 Å². The summed E-state index contributed by atoms with van der Waals surface area (Å²) >= 11 is 3.40. The van der Waals surface area contributed by atoms with Crippen molar-refractivity contribution >= 4 is 39.2 Å². The number of pyridine rings is 1. The van der Waals surface area contributed by atoms with Crippen LogP contribution in [0.2, 0.25) is 0 Å². The van der Waals surface area contributed by atoms with Crippen molar-refractivity contribution < 1.29 is 9.59 Å². The van der Waals surface area contributed by atoms with Crippen molar-refractivity contribution in [3.05, 3.63) is 51.6 Å². The lowest BCUT2D eigenvalue weighted by atomic mass is 10.1. The first-order valence-corrected chi connectivity index (χ1v) is 10.8. The van der Waals surface area contributed by atoms with Gasteiger partial charge in [0.1, 0.15) is 5.82 Å². The number of benzene rings is 1. The van der Waals surface area contributed by atoms with Gasteiger partial charge in [-0.15, -0.1) is 0 Å². The number of nitrogens with one attached hydrogen (secondary N) is 2. The molecule has 0 saturated carbocycles. The highest BCUT2D eigenvalue weighted by Crippen LogP contribution is 2.21. The monoisotopic (exact) mass is 473 g/mol. The van der Waals surface area contributed by atoms with E-state index in [0.717, 1.165) is 58.8 Å². The summed E-state index contributed by atoms with van der Waals surface area (Å²) in [5, 5.41) is 5.63. The van der Waals surface area contributed by atoms with Crippen LogP contribution in [0.3, 0.4) is 0 Å². The second-order valence-electron chi connectivity index (χ2n) is 7.70. The zero-order valence-electron chi connectivity index (χ0n) is 17.7. The van der Waals surface area contributed by atoms with E-state index in [9.17, 15) is 9.59 Å². The van der Waals surface area contributed by atoms with Crippen LogP contribution in [-0.2, 0) is 9.59 Å². The van der Waals surface area contributed by atoms with Gasteiger partial charge in [0, 0.05) is 42.5 Å². The van der Waals surface area contributed by atoms with Crippen LogP contribution in [0.1, 0.15) is 16.7 Å². The van der Waals surface area contributed by atoms with Gasteiger partial charge >= 0.3 is 0 Å². The van der Waals surface area contributed by atoms with E-state index in [4.69, 9.17) is 0 Å². The Morgan fingerprint density at radius 3 is 2.30 bits per heavy atom. The first-order chi connectivity index (χ1) is 14.3. The summed E-state index contributed by atoms with van der Waals surface area (Å²) in [7, 11) is 0. The van der Waals surface area contributed by atoms with Crippen molar-refractivity contribution in [3.8, 4) is 0 Å². The smallest absolute Gasteiger partial charge is 0.243 e. The maximum absolute atomic E-state index is 12.3. The number of aryl methyl sites for hydroxylation is 3. The maximum Gasteiger partial charge on any atom is 0.243 e. The van der Waals surface area contributed by atoms with Crippen LogP contribution in [0.25, 0.3) is 0 Å². The first kappa shape index (κ1) is 22.2. The van der Waals surface area contributed by atoms with Gasteiger partial charge in [0.15, 0.2) is 0 Å². The molecule has 1 aromatic heterocycles. The molecule has 0 bridgehead atoms. The van der Waals surface area contributed by atoms with E-state index in [-0.39, 0.29) is 24.9 Å². The molecule has 30 heavy (non-hydrogen) atoms. The molecule has 1 aliphatic heterocycles. The summed E-state index contributed by atoms with van der Waals surface area (Å²) in [6.07, 6.45) is 1.79. The Hall–Kier alpha value is -2.45. The predicted octanol–water partition coefficient (Wildman–Crippen LogP) is 2.65. The summed E-state index contributed by atoms with van der Waals surface area (Å²) in [5.41, 5.74) is 4.01. The van der Waals surface area contributed by atoms with Gasteiger partial charge in [-0.25, -0.2) is 4.98 Å². The number of hydrogen-bond donors (Lipinski definition) is 2. The fourth-order valence-corrected chi connectivity index (χ4v) is 3.92. The van der Waals surface area contributed by atoms with Crippen LogP contribution in [0.4, 0.5) is 11.5 Å². The molecule has 7 nitrogen and oxygen atoms in total. The minimum absolute atomic E-state index is 0.0334. The van der Waals surface area contributed by atoms with Crippen molar-refractivity contribution in [2.75, 3.05) is 49.5 Å². The van der Waals surface area contributed by atoms with E-state index in [0.29, 0.717) is 0 Å². The number of carbonyl (C=O) groups excluding carboxylic acids is 2. The number of anilines is 2. The van der Waals surface area contributed by atoms with Gasteiger partial charge in [0.05, 0.1) is 13.1 Å². The molecule has 0 atom stereocenters. The van der Waals surface area contributed by atoms with E-state index < -0.39 is 0 Å². The number of hydrogen-bond acceptors (Lipinski definition) is 5. The lowest BCUT2D eigenvalue weighted by molar-refractivity contribution is -0.125. The lowest BCUT2D eigenvalue weighted by Gasteiger charge is -2.35. The number of piperazine rings is 1. The molecule has 1 saturated heterocycles. The van der Waals surface area contributed by atoms with Crippen molar-refractivity contribution in [1.82, 2.24) is 15.2 Å². The molecule has 2 N–H and O–H groups in total. The van der Waals surface area contributed by atoms with Crippen LogP contribution in [0.15, 0.2) is 34.9 Å². The number of carbonyl (C=O) groups is 2. The Kier molecular flexibility index (Phi) is 7.44. The van der Waals surface area contributed by atoms with Gasteiger partial charge in [0.2, 0.25) is 11.8 Å². The van der Waals surface area contributed by atoms with Gasteiger partial charge in [-0.05, 0) is 60.0 Å². The molecule has 1 fully saturated rings. The van der Waals surface area contributed by atoms with E-state index in [2.05, 4.69) is 41.3 Å². The Morgan fingerprint density at radius 2 is 1.70 bits per heavy atom. The molecular weight excluding hydrogens is 446 g/mol. The van der Waals surface area contributed by atoms with Crippen LogP contribution in [0.5, 0.6) is 0 Å². The van der Waals surface area contributed by atoms with Crippen molar-refractivity contribution in [3.63, 3.8) is 0 Å². The molecule has 1 aromatic carbocycles. The molecular formula is C22H28BrN5O2. The fourth-order valence-electron chi connectivity index (χ4n) is 3.69. The highest BCUT2D eigenvalue weighted by Gasteiger charge is 2.20. The van der Waals surface area contributed by atoms with Crippen LogP contribution >= 0.6 is 15.9 Å². The average Bonchev–Trinajstić information content (AvgIpc) is 2.70. The van der Waals surface area contributed by atoms with Crippen LogP contribution in [0, 0.1) is 20.8 Å². The van der Waals surface area contributed by atoms with Crippen LogP contribution in [-0.4, -0.2) is 61.0 Å². The maximum atomic E-state index is 12.3. The van der Waals surface area contributed by atoms with E-state index in [1.54, 1.807) is 6.20 Å². The van der Waals surface area contributed by atoms with E-state index >= 15 is 0 Å². The lowest BCUT2D eigenvalue weighted by Crippen LogP contribution is -2.50. The molecule has 0 spiro atoms. The van der Waals surface area contributed by atoms with Crippen molar-refractivity contribution in [2.24, 2.45) is 0 Å². The van der Waals surface area contributed by atoms with Gasteiger partial charge in [-0.2, -0.15) is 0 Å². The molecule has 2 amide bonds. The number of aromatic nitrogens is 1. The number of rotatable bonds is 6. The molecule has 1 aliphatic rings. The third kappa shape index (κ3) is 6.03. The Labute approximate surface area is 186 Å². The highest BCUT2D eigenvalue weighted by molar-refractivity contribution is 9.10. The highest BCUT2D eigenvalue weighted by atomic mass is 79.9. The summed E-state index contributed by atoms with van der Waals surface area (Å²) < 4.78 is 0.957. The first-order valence-electron chi connectivity index (χ1n) is 10.0. The number of nitrogens with zero attached hydrogens (tertiary/aromatic N) is 3. The molecule has 2 heterocycles. The van der Waals surface area contributed by atoms with E-state index in [1.165, 1.54) is 0 Å². The Bertz CT molecular complexity index is 885. The van der Waals surface area contributed by atoms with Gasteiger partial charge in [-0.3, -0.25) is 14.5 Å². The standard InChI is InChI=1S/C22H28BrN5O2/c1-15-10-16(2)22(17(3)11-15)26-20(29)13-25-21(30)14-27-6-8-28(9-7-27)19-5-4-18(23)12-24-19/h4-5,10-12H,6-9,13-14H2,1-3H3,(H,25,30)(H,26,29). The molecule has 0 unspecified atom stereocenters. The third-order valence-electron chi connectivity index (χ3n) is 5.16. The largest absolute Gasteiger partial charge is 0.354 e. The molecule has 8 heteroatoms. The van der Waals surface area contributed by atoms with Gasteiger partial charge < -0.3 is 15.5 Å². The molecule has 2 aromatic rings. The van der Waals surface area contributed by atoms with Gasteiger partial charge in [-0.1, -0.05) is 17.7 Å². The molecule has 160 valence electrons.